The number of halogens is 3. The smallest absolute Gasteiger partial charge is 0.317 e. The van der Waals surface area contributed by atoms with Crippen LogP contribution < -0.4 is 15.0 Å². The molecule has 0 bridgehead atoms. The van der Waals surface area contributed by atoms with Crippen molar-refractivity contribution < 1.29 is 27.8 Å². The van der Waals surface area contributed by atoms with E-state index in [1.54, 1.807) is 18.2 Å². The summed E-state index contributed by atoms with van der Waals surface area (Å²) in [6.45, 7) is 3.45. The highest BCUT2D eigenvalue weighted by atomic mass is 19.3. The van der Waals surface area contributed by atoms with Crippen LogP contribution in [-0.4, -0.2) is 92.4 Å². The number of aliphatic hydroxyl groups is 1. The minimum Gasteiger partial charge on any atom is -0.494 e. The van der Waals surface area contributed by atoms with Gasteiger partial charge in [0, 0.05) is 65.2 Å². The molecule has 2 amide bonds. The number of ether oxygens (including phenoxy) is 1. The lowest BCUT2D eigenvalue weighted by Crippen LogP contribution is -2.49. The third kappa shape index (κ3) is 6.39. The van der Waals surface area contributed by atoms with Crippen LogP contribution in [0.25, 0.3) is 0 Å². The van der Waals surface area contributed by atoms with Crippen LogP contribution in [0.1, 0.15) is 19.3 Å². The highest BCUT2D eigenvalue weighted by Gasteiger charge is 2.35. The molecule has 0 unspecified atom stereocenters. The maximum Gasteiger partial charge on any atom is 0.317 e. The fraction of sp³-hybridized carbons (Fsp3) is 0.667. The van der Waals surface area contributed by atoms with Crippen molar-refractivity contribution >= 4 is 11.7 Å². The molecule has 7 nitrogen and oxygen atoms in total. The van der Waals surface area contributed by atoms with Crippen molar-refractivity contribution in [3.63, 3.8) is 0 Å². The molecule has 3 rings (SSSR count). The molecule has 1 aromatic carbocycles. The molecular formula is C21H31F3N4O3. The number of rotatable bonds is 7. The Bertz CT molecular complexity index is 735. The van der Waals surface area contributed by atoms with Gasteiger partial charge in [-0.2, -0.15) is 0 Å². The van der Waals surface area contributed by atoms with Gasteiger partial charge in [0.1, 0.15) is 0 Å². The lowest BCUT2D eigenvalue weighted by molar-refractivity contribution is -0.0469. The third-order valence-electron chi connectivity index (χ3n) is 5.88. The first-order valence-corrected chi connectivity index (χ1v) is 10.7. The highest BCUT2D eigenvalue weighted by molar-refractivity contribution is 5.74. The number of amides is 2. The normalized spacial score (nSPS) is 20.4. The second-order valence-electron chi connectivity index (χ2n) is 8.10. The number of anilines is 1. The van der Waals surface area contributed by atoms with Crippen LogP contribution in [0.5, 0.6) is 5.75 Å². The zero-order valence-electron chi connectivity index (χ0n) is 17.8. The van der Waals surface area contributed by atoms with Gasteiger partial charge in [0.15, 0.2) is 11.6 Å². The fourth-order valence-electron chi connectivity index (χ4n) is 3.96. The summed E-state index contributed by atoms with van der Waals surface area (Å²) in [5, 5.41) is 13.0. The van der Waals surface area contributed by atoms with Crippen LogP contribution in [0.2, 0.25) is 0 Å². The number of nitrogens with one attached hydrogen (secondary N) is 1. The molecule has 2 aliphatic rings. The number of piperidine rings is 1. The number of carbonyl (C=O) groups is 1. The Balaban J connectivity index is 1.35. The number of urea groups is 1. The Morgan fingerprint density at radius 3 is 2.52 bits per heavy atom. The number of methoxy groups -OCH3 is 1. The molecule has 0 saturated carbocycles. The maximum atomic E-state index is 14.4. The van der Waals surface area contributed by atoms with E-state index < -0.39 is 12.0 Å². The van der Waals surface area contributed by atoms with E-state index in [-0.39, 0.29) is 50.1 Å². The molecule has 0 spiro atoms. The molecular weight excluding hydrogens is 413 g/mol. The molecule has 1 atom stereocenters. The number of alkyl halides is 2. The minimum absolute atomic E-state index is 0.0412. The van der Waals surface area contributed by atoms with Gasteiger partial charge in [0.05, 0.1) is 18.9 Å². The second-order valence-corrected chi connectivity index (χ2v) is 8.10. The van der Waals surface area contributed by atoms with E-state index in [1.165, 1.54) is 12.0 Å². The van der Waals surface area contributed by atoms with Crippen LogP contribution in [-0.2, 0) is 0 Å². The second kappa shape index (κ2) is 10.4. The number of carbonyl (C=O) groups excluding carboxylic acids is 1. The van der Waals surface area contributed by atoms with E-state index >= 15 is 0 Å². The molecule has 0 radical (unpaired) electrons. The van der Waals surface area contributed by atoms with Crippen molar-refractivity contribution in [3.8, 4) is 5.75 Å². The minimum atomic E-state index is -2.69. The number of benzene rings is 1. The van der Waals surface area contributed by atoms with Crippen LogP contribution in [0.15, 0.2) is 18.2 Å². The first kappa shape index (κ1) is 23.5. The predicted molar refractivity (Wildman–Crippen MR) is 111 cm³/mol. The van der Waals surface area contributed by atoms with Gasteiger partial charge in [-0.1, -0.05) is 6.07 Å². The summed E-state index contributed by atoms with van der Waals surface area (Å²) in [5.74, 6) is -2.84. The van der Waals surface area contributed by atoms with Crippen molar-refractivity contribution in [2.75, 3.05) is 64.4 Å². The molecule has 0 aliphatic carbocycles. The molecule has 10 heteroatoms. The maximum absolute atomic E-state index is 14.4. The Labute approximate surface area is 180 Å². The van der Waals surface area contributed by atoms with E-state index in [9.17, 15) is 23.1 Å². The van der Waals surface area contributed by atoms with Gasteiger partial charge in [0.25, 0.3) is 5.92 Å². The lowest BCUT2D eigenvalue weighted by Gasteiger charge is -2.37. The topological polar surface area (TPSA) is 68.3 Å². The first-order valence-electron chi connectivity index (χ1n) is 10.7. The number of piperazine rings is 1. The quantitative estimate of drug-likeness (QED) is 0.675. The zero-order valence-corrected chi connectivity index (χ0v) is 17.8. The average Bonchev–Trinajstić information content (AvgIpc) is 2.74. The fourth-order valence-corrected chi connectivity index (χ4v) is 3.96. The first-order chi connectivity index (χ1) is 14.8. The predicted octanol–water partition coefficient (Wildman–Crippen LogP) is 2.15. The van der Waals surface area contributed by atoms with E-state index in [2.05, 4.69) is 10.2 Å². The van der Waals surface area contributed by atoms with Crippen LogP contribution >= 0.6 is 0 Å². The Kier molecular flexibility index (Phi) is 7.88. The van der Waals surface area contributed by atoms with Gasteiger partial charge < -0.3 is 25.0 Å². The van der Waals surface area contributed by atoms with Gasteiger partial charge in [-0.25, -0.2) is 18.0 Å². The number of nitrogens with zero attached hydrogens (tertiary/aromatic N) is 3. The van der Waals surface area contributed by atoms with Crippen molar-refractivity contribution in [1.82, 2.24) is 15.1 Å². The molecule has 1 aromatic rings. The van der Waals surface area contributed by atoms with Crippen molar-refractivity contribution in [2.45, 2.75) is 31.3 Å². The van der Waals surface area contributed by atoms with Gasteiger partial charge in [-0.05, 0) is 18.6 Å². The van der Waals surface area contributed by atoms with E-state index in [1.807, 2.05) is 4.90 Å². The molecule has 2 N–H and O–H groups in total. The van der Waals surface area contributed by atoms with Gasteiger partial charge in [0.2, 0.25) is 0 Å². The van der Waals surface area contributed by atoms with E-state index in [4.69, 9.17) is 4.74 Å². The summed E-state index contributed by atoms with van der Waals surface area (Å²) in [5.41, 5.74) is 0.512. The number of aliphatic hydroxyl groups excluding tert-OH is 1. The Hall–Kier alpha value is -2.20. The van der Waals surface area contributed by atoms with Crippen LogP contribution in [0.3, 0.4) is 0 Å². The summed E-state index contributed by atoms with van der Waals surface area (Å²) < 4.78 is 45.8. The monoisotopic (exact) mass is 444 g/mol. The molecule has 2 fully saturated rings. The number of hydrogen-bond donors (Lipinski definition) is 2. The summed E-state index contributed by atoms with van der Waals surface area (Å²) in [7, 11) is 1.44. The van der Waals surface area contributed by atoms with Crippen molar-refractivity contribution in [2.24, 2.45) is 0 Å². The SMILES string of the molecule is COc1cccc(N2CCN(C[C@H](O)CCNC(=O)N3CCC(F)(F)CC3)CC2)c1F. The van der Waals surface area contributed by atoms with Gasteiger partial charge >= 0.3 is 6.03 Å². The number of hydrogen-bond acceptors (Lipinski definition) is 5. The van der Waals surface area contributed by atoms with Gasteiger partial charge in [-0.15, -0.1) is 0 Å². The molecule has 0 aromatic heterocycles. The third-order valence-corrected chi connectivity index (χ3v) is 5.88. The average molecular weight is 444 g/mol. The number of likely N-dealkylation sites (tertiary alicyclic amines) is 1. The zero-order chi connectivity index (χ0) is 22.4. The molecule has 31 heavy (non-hydrogen) atoms. The summed E-state index contributed by atoms with van der Waals surface area (Å²) in [4.78, 5) is 17.5. The molecule has 2 saturated heterocycles. The molecule has 2 heterocycles. The van der Waals surface area contributed by atoms with E-state index in [0.29, 0.717) is 44.8 Å². The van der Waals surface area contributed by atoms with E-state index in [0.717, 1.165) is 0 Å². The van der Waals surface area contributed by atoms with Crippen LogP contribution in [0.4, 0.5) is 23.7 Å². The van der Waals surface area contributed by atoms with Gasteiger partial charge in [-0.3, -0.25) is 4.90 Å². The largest absolute Gasteiger partial charge is 0.494 e. The molecule has 2 aliphatic heterocycles. The molecule has 174 valence electrons. The summed E-state index contributed by atoms with van der Waals surface area (Å²) in [6, 6.07) is 4.72. The lowest BCUT2D eigenvalue weighted by atomic mass is 10.1. The van der Waals surface area contributed by atoms with Crippen molar-refractivity contribution in [3.05, 3.63) is 24.0 Å². The highest BCUT2D eigenvalue weighted by Crippen LogP contribution is 2.28. The number of β-amino-alcohol motifs (C(OH)–C–C–N with tert-alkyl or cyclic N) is 1. The summed E-state index contributed by atoms with van der Waals surface area (Å²) in [6.07, 6.45) is -0.866. The standard InChI is InChI=1S/C21H31F3N4O3/c1-31-18-4-2-3-17(19(18)22)27-13-11-26(12-14-27)15-16(29)5-8-25-20(30)28-9-6-21(23,24)7-10-28/h2-4,16,29H,5-15H2,1H3,(H,25,30)/t16-/m1/s1. The summed E-state index contributed by atoms with van der Waals surface area (Å²) >= 11 is 0. The Morgan fingerprint density at radius 2 is 1.87 bits per heavy atom. The van der Waals surface area contributed by atoms with Crippen molar-refractivity contribution in [1.29, 1.82) is 0 Å². The van der Waals surface area contributed by atoms with Crippen LogP contribution in [0, 0.1) is 5.82 Å². The Morgan fingerprint density at radius 1 is 1.19 bits per heavy atom.